The number of rotatable bonds is 3. The highest BCUT2D eigenvalue weighted by Gasteiger charge is 2.33. The zero-order chi connectivity index (χ0) is 14.9. The smallest absolute Gasteiger partial charge is 0.243 e. The van der Waals surface area contributed by atoms with Crippen LogP contribution in [0.2, 0.25) is 0 Å². The Morgan fingerprint density at radius 1 is 1.25 bits per heavy atom. The van der Waals surface area contributed by atoms with E-state index in [2.05, 4.69) is 6.92 Å². The van der Waals surface area contributed by atoms with Gasteiger partial charge in [0.2, 0.25) is 10.0 Å². The molecule has 1 fully saturated rings. The van der Waals surface area contributed by atoms with Gasteiger partial charge in [0.1, 0.15) is 0 Å². The van der Waals surface area contributed by atoms with Gasteiger partial charge in [0.05, 0.1) is 4.90 Å². The van der Waals surface area contributed by atoms with Gasteiger partial charge in [-0.2, -0.15) is 4.31 Å². The second-order valence-corrected chi connectivity index (χ2v) is 7.58. The average Bonchev–Trinajstić information content (AvgIpc) is 2.41. The number of hydrogen-bond acceptors (Lipinski definition) is 3. The zero-order valence-electron chi connectivity index (χ0n) is 12.2. The van der Waals surface area contributed by atoms with Gasteiger partial charge < -0.3 is 0 Å². The van der Waals surface area contributed by atoms with E-state index >= 15 is 0 Å². The van der Waals surface area contributed by atoms with Crippen LogP contribution in [0.4, 0.5) is 0 Å². The van der Waals surface area contributed by atoms with E-state index in [4.69, 9.17) is 0 Å². The molecule has 110 valence electrons. The summed E-state index contributed by atoms with van der Waals surface area (Å²) in [5.74, 6) is 0.249. The Morgan fingerprint density at radius 3 is 2.60 bits per heavy atom. The second kappa shape index (κ2) is 5.66. The molecular weight excluding hydrogens is 274 g/mol. The van der Waals surface area contributed by atoms with Gasteiger partial charge >= 0.3 is 0 Å². The van der Waals surface area contributed by atoms with Crippen molar-refractivity contribution in [3.05, 3.63) is 29.8 Å². The summed E-state index contributed by atoms with van der Waals surface area (Å²) in [6, 6.07) is 6.32. The third-order valence-corrected chi connectivity index (χ3v) is 5.88. The number of sulfonamides is 1. The minimum atomic E-state index is -3.52. The summed E-state index contributed by atoms with van der Waals surface area (Å²) < 4.78 is 27.0. The molecule has 1 saturated heterocycles. The van der Waals surface area contributed by atoms with Crippen LogP contribution in [0.15, 0.2) is 29.2 Å². The maximum atomic E-state index is 12.7. The molecule has 1 aromatic rings. The van der Waals surface area contributed by atoms with Crippen LogP contribution in [0.1, 0.15) is 44.0 Å². The topological polar surface area (TPSA) is 54.5 Å². The molecule has 4 nitrogen and oxygen atoms in total. The molecule has 20 heavy (non-hydrogen) atoms. The number of piperidine rings is 1. The first-order valence-electron chi connectivity index (χ1n) is 6.95. The number of Topliss-reactive ketones (excluding diaryl/α,β-unsaturated/α-hetero) is 1. The van der Waals surface area contributed by atoms with Gasteiger partial charge in [-0.15, -0.1) is 0 Å². The van der Waals surface area contributed by atoms with Gasteiger partial charge in [-0.25, -0.2) is 8.42 Å². The van der Waals surface area contributed by atoms with Crippen LogP contribution >= 0.6 is 0 Å². The Kier molecular flexibility index (Phi) is 4.30. The third kappa shape index (κ3) is 2.94. The molecule has 5 heteroatoms. The Bertz CT molecular complexity index is 609. The summed E-state index contributed by atoms with van der Waals surface area (Å²) in [7, 11) is -3.52. The maximum absolute atomic E-state index is 12.7. The predicted molar refractivity (Wildman–Crippen MR) is 78.2 cm³/mol. The van der Waals surface area contributed by atoms with Crippen molar-refractivity contribution in [3.8, 4) is 0 Å². The summed E-state index contributed by atoms with van der Waals surface area (Å²) >= 11 is 0. The molecule has 0 amide bonds. The SMILES string of the molecule is CC(=O)c1cccc(S(=O)(=O)N2CC(C)CCC2C)c1. The molecule has 1 aliphatic heterocycles. The summed E-state index contributed by atoms with van der Waals surface area (Å²) in [4.78, 5) is 11.6. The monoisotopic (exact) mass is 295 g/mol. The molecule has 1 heterocycles. The standard InChI is InChI=1S/C15H21NO3S/c1-11-7-8-12(2)16(10-11)20(18,19)15-6-4-5-14(9-15)13(3)17/h4-6,9,11-12H,7-8,10H2,1-3H3. The number of benzene rings is 1. The number of nitrogens with zero attached hydrogens (tertiary/aromatic N) is 1. The van der Waals surface area contributed by atoms with Gasteiger partial charge in [0.15, 0.2) is 5.78 Å². The number of carbonyl (C=O) groups is 1. The third-order valence-electron chi connectivity index (χ3n) is 3.91. The Hall–Kier alpha value is -1.20. The summed E-state index contributed by atoms with van der Waals surface area (Å²) in [5.41, 5.74) is 0.434. The molecule has 1 aliphatic rings. The van der Waals surface area contributed by atoms with Crippen LogP contribution in [-0.2, 0) is 10.0 Å². The lowest BCUT2D eigenvalue weighted by molar-refractivity contribution is 0.101. The van der Waals surface area contributed by atoms with Crippen molar-refractivity contribution >= 4 is 15.8 Å². The van der Waals surface area contributed by atoms with Crippen molar-refractivity contribution in [1.82, 2.24) is 4.31 Å². The first-order chi connectivity index (χ1) is 9.32. The summed E-state index contributed by atoms with van der Waals surface area (Å²) in [5, 5.41) is 0. The van der Waals surface area contributed by atoms with E-state index < -0.39 is 10.0 Å². The highest BCUT2D eigenvalue weighted by molar-refractivity contribution is 7.89. The fourth-order valence-corrected chi connectivity index (χ4v) is 4.42. The molecule has 0 spiro atoms. The van der Waals surface area contributed by atoms with Gasteiger partial charge in [-0.1, -0.05) is 19.1 Å². The Labute approximate surface area is 120 Å². The van der Waals surface area contributed by atoms with Crippen LogP contribution in [0, 0.1) is 5.92 Å². The van der Waals surface area contributed by atoms with Crippen LogP contribution in [0.25, 0.3) is 0 Å². The van der Waals surface area contributed by atoms with E-state index in [1.165, 1.54) is 13.0 Å². The van der Waals surface area contributed by atoms with Crippen molar-refractivity contribution in [2.75, 3.05) is 6.54 Å². The lowest BCUT2D eigenvalue weighted by Crippen LogP contribution is -2.44. The van der Waals surface area contributed by atoms with Crippen molar-refractivity contribution < 1.29 is 13.2 Å². The first kappa shape index (κ1) is 15.2. The second-order valence-electron chi connectivity index (χ2n) is 5.69. The van der Waals surface area contributed by atoms with Crippen LogP contribution in [0.3, 0.4) is 0 Å². The molecule has 0 radical (unpaired) electrons. The molecule has 0 saturated carbocycles. The molecule has 0 aromatic heterocycles. The zero-order valence-corrected chi connectivity index (χ0v) is 13.0. The lowest BCUT2D eigenvalue weighted by atomic mass is 9.97. The molecule has 2 unspecified atom stereocenters. The molecule has 2 rings (SSSR count). The Balaban J connectivity index is 2.39. The van der Waals surface area contributed by atoms with Crippen molar-refractivity contribution in [1.29, 1.82) is 0 Å². The first-order valence-corrected chi connectivity index (χ1v) is 8.39. The number of hydrogen-bond donors (Lipinski definition) is 0. The molecule has 0 N–H and O–H groups in total. The number of carbonyl (C=O) groups excluding carboxylic acids is 1. The lowest BCUT2D eigenvalue weighted by Gasteiger charge is -2.35. The van der Waals surface area contributed by atoms with Crippen molar-refractivity contribution in [2.45, 2.75) is 44.6 Å². The molecule has 0 aliphatic carbocycles. The van der Waals surface area contributed by atoms with E-state index in [-0.39, 0.29) is 16.7 Å². The van der Waals surface area contributed by atoms with E-state index in [1.54, 1.807) is 22.5 Å². The van der Waals surface area contributed by atoms with Gasteiger partial charge in [-0.3, -0.25) is 4.79 Å². The van der Waals surface area contributed by atoms with Crippen molar-refractivity contribution in [3.63, 3.8) is 0 Å². The largest absolute Gasteiger partial charge is 0.295 e. The predicted octanol–water partition coefficient (Wildman–Crippen LogP) is 2.70. The molecule has 2 atom stereocenters. The molecule has 1 aromatic carbocycles. The Morgan fingerprint density at radius 2 is 1.95 bits per heavy atom. The molecular formula is C15H21NO3S. The van der Waals surface area contributed by atoms with E-state index in [9.17, 15) is 13.2 Å². The fraction of sp³-hybridized carbons (Fsp3) is 0.533. The van der Waals surface area contributed by atoms with Crippen LogP contribution < -0.4 is 0 Å². The van der Waals surface area contributed by atoms with Crippen LogP contribution in [0.5, 0.6) is 0 Å². The quantitative estimate of drug-likeness (QED) is 0.806. The average molecular weight is 295 g/mol. The minimum Gasteiger partial charge on any atom is -0.295 e. The van der Waals surface area contributed by atoms with E-state index in [0.29, 0.717) is 18.0 Å². The van der Waals surface area contributed by atoms with Gasteiger partial charge in [-0.05, 0) is 44.7 Å². The highest BCUT2D eigenvalue weighted by atomic mass is 32.2. The highest BCUT2D eigenvalue weighted by Crippen LogP contribution is 2.28. The van der Waals surface area contributed by atoms with Gasteiger partial charge in [0, 0.05) is 18.2 Å². The summed E-state index contributed by atoms with van der Waals surface area (Å²) in [6.45, 7) is 6.00. The minimum absolute atomic E-state index is 0.0113. The summed E-state index contributed by atoms with van der Waals surface area (Å²) in [6.07, 6.45) is 1.94. The normalized spacial score (nSPS) is 24.6. The fourth-order valence-electron chi connectivity index (χ4n) is 2.59. The van der Waals surface area contributed by atoms with Crippen LogP contribution in [-0.4, -0.2) is 31.1 Å². The van der Waals surface area contributed by atoms with Gasteiger partial charge in [0.25, 0.3) is 0 Å². The molecule has 0 bridgehead atoms. The van der Waals surface area contributed by atoms with Crippen molar-refractivity contribution in [2.24, 2.45) is 5.92 Å². The number of ketones is 1. The maximum Gasteiger partial charge on any atom is 0.243 e. The van der Waals surface area contributed by atoms with E-state index in [1.807, 2.05) is 6.92 Å². The van der Waals surface area contributed by atoms with E-state index in [0.717, 1.165) is 12.8 Å².